The van der Waals surface area contributed by atoms with Crippen molar-refractivity contribution in [3.63, 3.8) is 0 Å². The maximum Gasteiger partial charge on any atom is 0.446 e. The van der Waals surface area contributed by atoms with Gasteiger partial charge in [0.25, 0.3) is 0 Å². The summed E-state index contributed by atoms with van der Waals surface area (Å²) in [6.07, 6.45) is 1.06. The molecule has 0 bridgehead atoms. The van der Waals surface area contributed by atoms with Crippen molar-refractivity contribution in [2.24, 2.45) is 5.41 Å². The van der Waals surface area contributed by atoms with Crippen molar-refractivity contribution in [2.45, 2.75) is 67.8 Å². The highest BCUT2D eigenvalue weighted by molar-refractivity contribution is 8.00. The van der Waals surface area contributed by atoms with Gasteiger partial charge in [0.15, 0.2) is 0 Å². The standard InChI is InChI=1S/C24H25F4N5O2S2/c1-11(2)33-9-13(25)16(10-33)29-14-5-3-4-12-17(14)36-19(18(12)37-24(26,27)28)20-31-21(35-32-20)15-8-23(6-7-23)22(34)30-15/h3-5,11,13,15-16,29H,6-10H2,1-2H3,(H,30,34)/t13-,15+,16+/m0/s1. The molecule has 4 heterocycles. The highest BCUT2D eigenvalue weighted by Crippen LogP contribution is 2.56. The molecule has 198 valence electrons. The van der Waals surface area contributed by atoms with Crippen LogP contribution in [0.15, 0.2) is 27.6 Å². The molecule has 3 aromatic rings. The summed E-state index contributed by atoms with van der Waals surface area (Å²) in [6.45, 7) is 4.81. The summed E-state index contributed by atoms with van der Waals surface area (Å²) < 4.78 is 61.6. The third-order valence-corrected chi connectivity index (χ3v) is 9.64. The van der Waals surface area contributed by atoms with Crippen LogP contribution >= 0.6 is 23.1 Å². The first-order valence-electron chi connectivity index (χ1n) is 12.1. The molecular formula is C24H25F4N5O2S2. The van der Waals surface area contributed by atoms with Gasteiger partial charge in [-0.25, -0.2) is 4.39 Å². The highest BCUT2D eigenvalue weighted by atomic mass is 32.2. The summed E-state index contributed by atoms with van der Waals surface area (Å²) in [5, 5.41) is 10.5. The largest absolute Gasteiger partial charge is 0.446 e. The number of carbonyl (C=O) groups excluding carboxylic acids is 1. The van der Waals surface area contributed by atoms with Gasteiger partial charge in [0, 0.05) is 29.4 Å². The van der Waals surface area contributed by atoms with Gasteiger partial charge in [0.2, 0.25) is 17.6 Å². The van der Waals surface area contributed by atoms with Crippen LogP contribution in [0.5, 0.6) is 0 Å². The van der Waals surface area contributed by atoms with E-state index in [0.717, 1.165) is 24.2 Å². The minimum atomic E-state index is -4.54. The number of fused-ring (bicyclic) bond motifs is 1. The number of anilines is 1. The van der Waals surface area contributed by atoms with Crippen molar-refractivity contribution < 1.29 is 26.9 Å². The molecular weight excluding hydrogens is 530 g/mol. The Morgan fingerprint density at radius 1 is 1.30 bits per heavy atom. The van der Waals surface area contributed by atoms with Gasteiger partial charge in [0.05, 0.1) is 26.7 Å². The molecule has 1 aromatic carbocycles. The number of nitrogens with one attached hydrogen (secondary N) is 2. The summed E-state index contributed by atoms with van der Waals surface area (Å²) in [5.41, 5.74) is -4.34. The van der Waals surface area contributed by atoms with E-state index in [1.165, 1.54) is 0 Å². The molecule has 2 aromatic heterocycles. The second-order valence-electron chi connectivity index (χ2n) is 10.3. The Morgan fingerprint density at radius 3 is 2.73 bits per heavy atom. The average molecular weight is 556 g/mol. The van der Waals surface area contributed by atoms with Crippen molar-refractivity contribution in [2.75, 3.05) is 18.4 Å². The maximum absolute atomic E-state index is 14.8. The number of hydrogen-bond acceptors (Lipinski definition) is 8. The minimum absolute atomic E-state index is 0.0235. The van der Waals surface area contributed by atoms with Crippen molar-refractivity contribution in [3.05, 3.63) is 24.1 Å². The van der Waals surface area contributed by atoms with E-state index < -0.39 is 23.8 Å². The number of carbonyl (C=O) groups is 1. The number of thioether (sulfide) groups is 1. The number of benzene rings is 1. The Balaban J connectivity index is 1.35. The first-order valence-corrected chi connectivity index (χ1v) is 13.8. The van der Waals surface area contributed by atoms with Gasteiger partial charge in [-0.1, -0.05) is 17.3 Å². The second kappa shape index (κ2) is 8.84. The summed E-state index contributed by atoms with van der Waals surface area (Å²) in [6, 6.07) is 4.29. The monoisotopic (exact) mass is 555 g/mol. The van der Waals surface area contributed by atoms with Crippen LogP contribution in [-0.4, -0.2) is 57.8 Å². The van der Waals surface area contributed by atoms with Crippen LogP contribution in [0.2, 0.25) is 0 Å². The molecule has 1 saturated carbocycles. The van der Waals surface area contributed by atoms with E-state index in [9.17, 15) is 22.4 Å². The minimum Gasteiger partial charge on any atom is -0.377 e. The Labute approximate surface area is 218 Å². The summed E-state index contributed by atoms with van der Waals surface area (Å²) in [4.78, 5) is 18.9. The normalized spacial score (nSPS) is 25.5. The van der Waals surface area contributed by atoms with Crippen LogP contribution < -0.4 is 10.6 Å². The zero-order valence-electron chi connectivity index (χ0n) is 20.1. The Bertz CT molecular complexity index is 1350. The van der Waals surface area contributed by atoms with Gasteiger partial charge in [-0.2, -0.15) is 18.2 Å². The molecule has 0 unspecified atom stereocenters. The molecule has 6 rings (SSSR count). The van der Waals surface area contributed by atoms with Crippen molar-refractivity contribution in [1.29, 1.82) is 0 Å². The predicted molar refractivity (Wildman–Crippen MR) is 133 cm³/mol. The maximum atomic E-state index is 14.8. The first kappa shape index (κ1) is 24.9. The summed E-state index contributed by atoms with van der Waals surface area (Å²) >= 11 is 0.888. The predicted octanol–water partition coefficient (Wildman–Crippen LogP) is 5.75. The number of hydrogen-bond donors (Lipinski definition) is 2. The fourth-order valence-electron chi connectivity index (χ4n) is 5.17. The van der Waals surface area contributed by atoms with E-state index in [0.29, 0.717) is 35.3 Å². The van der Waals surface area contributed by atoms with Crippen molar-refractivity contribution in [3.8, 4) is 10.7 Å². The molecule has 3 atom stereocenters. The number of halogens is 4. The number of aromatic nitrogens is 2. The lowest BCUT2D eigenvalue weighted by atomic mass is 10.0. The number of likely N-dealkylation sites (tertiary alicyclic amines) is 1. The van der Waals surface area contributed by atoms with Crippen LogP contribution in [-0.2, 0) is 4.79 Å². The fourth-order valence-corrected chi connectivity index (χ4v) is 7.28. The Hall–Kier alpha value is -2.38. The second-order valence-corrected chi connectivity index (χ2v) is 12.4. The molecule has 7 nitrogen and oxygen atoms in total. The van der Waals surface area contributed by atoms with E-state index in [4.69, 9.17) is 4.52 Å². The number of thiophene rings is 1. The molecule has 2 aliphatic heterocycles. The molecule has 13 heteroatoms. The first-order chi connectivity index (χ1) is 17.5. The average Bonchev–Trinajstić information content (AvgIpc) is 3.13. The summed E-state index contributed by atoms with van der Waals surface area (Å²) in [7, 11) is 0. The van der Waals surface area contributed by atoms with Crippen molar-refractivity contribution >= 4 is 44.8 Å². The van der Waals surface area contributed by atoms with Gasteiger partial charge >= 0.3 is 5.51 Å². The van der Waals surface area contributed by atoms with Crippen LogP contribution in [0.4, 0.5) is 23.2 Å². The molecule has 3 fully saturated rings. The van der Waals surface area contributed by atoms with Gasteiger partial charge in [-0.05, 0) is 50.9 Å². The quantitative estimate of drug-likeness (QED) is 0.296. The molecule has 37 heavy (non-hydrogen) atoms. The van der Waals surface area contributed by atoms with E-state index in [2.05, 4.69) is 20.8 Å². The lowest BCUT2D eigenvalue weighted by Crippen LogP contribution is -2.31. The Morgan fingerprint density at radius 2 is 2.08 bits per heavy atom. The fraction of sp³-hybridized carbons (Fsp3) is 0.542. The van der Waals surface area contributed by atoms with Gasteiger partial charge in [-0.15, -0.1) is 11.3 Å². The van der Waals surface area contributed by atoms with Gasteiger partial charge in [-0.3, -0.25) is 9.69 Å². The third-order valence-electron chi connectivity index (χ3n) is 7.41. The van der Waals surface area contributed by atoms with Crippen molar-refractivity contribution in [1.82, 2.24) is 20.4 Å². The molecule has 3 aliphatic rings. The number of nitrogens with zero attached hydrogens (tertiary/aromatic N) is 3. The van der Waals surface area contributed by atoms with Gasteiger partial charge < -0.3 is 15.2 Å². The SMILES string of the molecule is CC(C)N1C[C@H](F)[C@H](Nc2cccc3c(SC(F)(F)F)c(-c4noc([C@H]5CC6(CC6)C(=O)N5)n4)sc23)C1. The van der Waals surface area contributed by atoms with E-state index >= 15 is 0 Å². The highest BCUT2D eigenvalue weighted by Gasteiger charge is 2.57. The zero-order valence-corrected chi connectivity index (χ0v) is 21.7. The lowest BCUT2D eigenvalue weighted by Gasteiger charge is -2.20. The number of rotatable bonds is 6. The molecule has 2 N–H and O–H groups in total. The number of amides is 1. The Kier molecular flexibility index (Phi) is 5.95. The molecule has 1 spiro atoms. The topological polar surface area (TPSA) is 83.3 Å². The van der Waals surface area contributed by atoms with E-state index in [-0.39, 0.29) is 50.6 Å². The van der Waals surface area contributed by atoms with Crippen LogP contribution in [0.1, 0.15) is 45.0 Å². The molecule has 1 amide bonds. The smallest absolute Gasteiger partial charge is 0.377 e. The van der Waals surface area contributed by atoms with Crippen LogP contribution in [0, 0.1) is 5.41 Å². The van der Waals surface area contributed by atoms with Crippen LogP contribution in [0.3, 0.4) is 0 Å². The third kappa shape index (κ3) is 4.59. The summed E-state index contributed by atoms with van der Waals surface area (Å²) in [5.74, 6) is 0.179. The zero-order chi connectivity index (χ0) is 26.1. The lowest BCUT2D eigenvalue weighted by molar-refractivity contribution is -0.123. The van der Waals surface area contributed by atoms with E-state index in [1.807, 2.05) is 18.7 Å². The van der Waals surface area contributed by atoms with Gasteiger partial charge in [0.1, 0.15) is 12.2 Å². The molecule has 1 aliphatic carbocycles. The number of alkyl halides is 4. The molecule has 2 saturated heterocycles. The molecule has 0 radical (unpaired) electrons. The van der Waals surface area contributed by atoms with Crippen LogP contribution in [0.25, 0.3) is 20.8 Å². The van der Waals surface area contributed by atoms with E-state index in [1.54, 1.807) is 18.2 Å².